The third-order valence-electron chi connectivity index (χ3n) is 1.50. The van der Waals surface area contributed by atoms with E-state index in [2.05, 4.69) is 0 Å². The molecule has 0 N–H and O–H groups in total. The Morgan fingerprint density at radius 1 is 1.82 bits per heavy atom. The van der Waals surface area contributed by atoms with Crippen molar-refractivity contribution in [1.82, 2.24) is 0 Å². The van der Waals surface area contributed by atoms with Crippen LogP contribution < -0.4 is 0 Å². The summed E-state index contributed by atoms with van der Waals surface area (Å²) in [4.78, 5) is 10.4. The van der Waals surface area contributed by atoms with Crippen molar-refractivity contribution in [3.63, 3.8) is 0 Å². The first-order chi connectivity index (χ1) is 5.29. The average Bonchev–Trinajstić information content (AvgIpc) is 2.03. The van der Waals surface area contributed by atoms with Gasteiger partial charge in [-0.15, -0.1) is 0 Å². The van der Waals surface area contributed by atoms with Gasteiger partial charge < -0.3 is 9.47 Å². The molecule has 3 nitrogen and oxygen atoms in total. The van der Waals surface area contributed by atoms with E-state index < -0.39 is 0 Å². The molecule has 0 aromatic heterocycles. The van der Waals surface area contributed by atoms with E-state index in [1.54, 1.807) is 6.26 Å². The van der Waals surface area contributed by atoms with E-state index in [-0.39, 0.29) is 12.1 Å². The third-order valence-corrected chi connectivity index (χ3v) is 1.50. The zero-order chi connectivity index (χ0) is 8.10. The van der Waals surface area contributed by atoms with Crippen LogP contribution >= 0.6 is 0 Å². The van der Waals surface area contributed by atoms with Crippen molar-refractivity contribution in [2.75, 3.05) is 6.61 Å². The molecule has 0 fully saturated rings. The maximum absolute atomic E-state index is 10.4. The van der Waals surface area contributed by atoms with Gasteiger partial charge in [0.25, 0.3) is 0 Å². The molecule has 0 aromatic rings. The predicted molar refractivity (Wildman–Crippen MR) is 39.9 cm³/mol. The largest absolute Gasteiger partial charge is 0.495 e. The minimum atomic E-state index is -0.247. The first-order valence-corrected chi connectivity index (χ1v) is 3.73. The second kappa shape index (κ2) is 4.01. The Morgan fingerprint density at radius 3 is 3.18 bits per heavy atom. The first kappa shape index (κ1) is 8.11. The molecule has 1 rings (SSSR count). The quantitative estimate of drug-likeness (QED) is 0.564. The van der Waals surface area contributed by atoms with Gasteiger partial charge in [0.05, 0.1) is 6.26 Å². The number of hydrogen-bond acceptors (Lipinski definition) is 3. The van der Waals surface area contributed by atoms with Crippen LogP contribution in [-0.4, -0.2) is 18.7 Å². The van der Waals surface area contributed by atoms with Crippen LogP contribution in [0, 0.1) is 0 Å². The highest BCUT2D eigenvalue weighted by Crippen LogP contribution is 2.09. The number of hydrogen-bond donors (Lipinski definition) is 0. The normalized spacial score (nSPS) is 22.5. The van der Waals surface area contributed by atoms with Crippen LogP contribution in [0.2, 0.25) is 0 Å². The number of ether oxygens (including phenoxy) is 2. The van der Waals surface area contributed by atoms with Gasteiger partial charge >= 0.3 is 5.97 Å². The van der Waals surface area contributed by atoms with Crippen LogP contribution in [0.4, 0.5) is 0 Å². The van der Waals surface area contributed by atoms with Crippen molar-refractivity contribution in [1.29, 1.82) is 0 Å². The molecule has 1 heterocycles. The molecule has 0 aromatic carbocycles. The molecule has 1 aliphatic rings. The molecular weight excluding hydrogens is 144 g/mol. The number of esters is 1. The molecule has 62 valence electrons. The van der Waals surface area contributed by atoms with E-state index in [0.717, 1.165) is 12.8 Å². The molecule has 0 unspecified atom stereocenters. The van der Waals surface area contributed by atoms with Crippen molar-refractivity contribution in [3.8, 4) is 0 Å². The van der Waals surface area contributed by atoms with Gasteiger partial charge in [-0.1, -0.05) is 0 Å². The highest BCUT2D eigenvalue weighted by atomic mass is 16.6. The maximum Gasteiger partial charge on any atom is 0.302 e. The second-order valence-corrected chi connectivity index (χ2v) is 2.51. The van der Waals surface area contributed by atoms with E-state index in [4.69, 9.17) is 9.47 Å². The van der Waals surface area contributed by atoms with E-state index in [1.165, 1.54) is 6.92 Å². The van der Waals surface area contributed by atoms with Crippen molar-refractivity contribution in [2.45, 2.75) is 25.9 Å². The highest BCUT2D eigenvalue weighted by Gasteiger charge is 2.11. The zero-order valence-corrected chi connectivity index (χ0v) is 6.58. The third kappa shape index (κ3) is 3.07. The maximum atomic E-state index is 10.4. The molecule has 0 saturated heterocycles. The Kier molecular flexibility index (Phi) is 2.95. The minimum Gasteiger partial charge on any atom is -0.495 e. The Bertz CT molecular complexity index is 163. The van der Waals surface area contributed by atoms with Crippen LogP contribution in [0.3, 0.4) is 0 Å². The number of allylic oxidation sites excluding steroid dienone is 1. The Balaban J connectivity index is 2.16. The lowest BCUT2D eigenvalue weighted by atomic mass is 10.2. The fraction of sp³-hybridized carbons (Fsp3) is 0.625. The standard InChI is InChI=1S/C8H12O3/c1-7(9)11-6-8-4-2-3-5-10-8/h3,5,8H,2,4,6H2,1H3/t8-/m1/s1. The molecule has 0 spiro atoms. The average molecular weight is 156 g/mol. The van der Waals surface area contributed by atoms with Crippen molar-refractivity contribution in [3.05, 3.63) is 12.3 Å². The van der Waals surface area contributed by atoms with Gasteiger partial charge in [0.1, 0.15) is 12.7 Å². The lowest BCUT2D eigenvalue weighted by molar-refractivity contribution is -0.144. The summed E-state index contributed by atoms with van der Waals surface area (Å²) in [6, 6.07) is 0. The van der Waals surface area contributed by atoms with Crippen molar-refractivity contribution < 1.29 is 14.3 Å². The van der Waals surface area contributed by atoms with Crippen molar-refractivity contribution >= 4 is 5.97 Å². The lowest BCUT2D eigenvalue weighted by Crippen LogP contribution is -2.20. The van der Waals surface area contributed by atoms with Gasteiger partial charge in [-0.25, -0.2) is 0 Å². The molecule has 0 amide bonds. The Morgan fingerprint density at radius 2 is 2.64 bits per heavy atom. The summed E-state index contributed by atoms with van der Waals surface area (Å²) >= 11 is 0. The summed E-state index contributed by atoms with van der Waals surface area (Å²) in [6.07, 6.45) is 5.63. The summed E-state index contributed by atoms with van der Waals surface area (Å²) in [5, 5.41) is 0. The van der Waals surface area contributed by atoms with E-state index in [0.29, 0.717) is 6.61 Å². The van der Waals surface area contributed by atoms with E-state index >= 15 is 0 Å². The van der Waals surface area contributed by atoms with Crippen molar-refractivity contribution in [2.24, 2.45) is 0 Å². The summed E-state index contributed by atoms with van der Waals surface area (Å²) < 4.78 is 9.95. The molecule has 0 saturated carbocycles. The zero-order valence-electron chi connectivity index (χ0n) is 6.58. The summed E-state index contributed by atoms with van der Waals surface area (Å²) in [5.74, 6) is -0.247. The molecule has 0 aliphatic carbocycles. The van der Waals surface area contributed by atoms with Gasteiger partial charge in [-0.2, -0.15) is 0 Å². The summed E-state index contributed by atoms with van der Waals surface area (Å²) in [7, 11) is 0. The Hall–Kier alpha value is -0.990. The topological polar surface area (TPSA) is 35.5 Å². The molecule has 1 atom stereocenters. The lowest BCUT2D eigenvalue weighted by Gasteiger charge is -2.18. The smallest absolute Gasteiger partial charge is 0.302 e. The molecule has 1 aliphatic heterocycles. The van der Waals surface area contributed by atoms with Gasteiger partial charge in [0.15, 0.2) is 0 Å². The van der Waals surface area contributed by atoms with E-state index in [1.807, 2.05) is 6.08 Å². The molecular formula is C8H12O3. The molecule has 11 heavy (non-hydrogen) atoms. The van der Waals surface area contributed by atoms with Crippen LogP contribution in [-0.2, 0) is 14.3 Å². The van der Waals surface area contributed by atoms with Crippen LogP contribution in [0.5, 0.6) is 0 Å². The first-order valence-electron chi connectivity index (χ1n) is 3.73. The highest BCUT2D eigenvalue weighted by molar-refractivity contribution is 5.65. The molecule has 3 heteroatoms. The van der Waals surface area contributed by atoms with Crippen LogP contribution in [0.25, 0.3) is 0 Å². The summed E-state index contributed by atoms with van der Waals surface area (Å²) in [6.45, 7) is 1.78. The monoisotopic (exact) mass is 156 g/mol. The fourth-order valence-corrected chi connectivity index (χ4v) is 0.918. The number of carbonyl (C=O) groups is 1. The van der Waals surface area contributed by atoms with Crippen LogP contribution in [0.1, 0.15) is 19.8 Å². The van der Waals surface area contributed by atoms with Crippen LogP contribution in [0.15, 0.2) is 12.3 Å². The Labute approximate surface area is 66.0 Å². The number of rotatable bonds is 2. The summed E-state index contributed by atoms with van der Waals surface area (Å²) in [5.41, 5.74) is 0. The van der Waals surface area contributed by atoms with Gasteiger partial charge in [0, 0.05) is 6.92 Å². The minimum absolute atomic E-state index is 0.0592. The molecule has 0 radical (unpaired) electrons. The van der Waals surface area contributed by atoms with E-state index in [9.17, 15) is 4.79 Å². The number of carbonyl (C=O) groups excluding carboxylic acids is 1. The molecule has 0 bridgehead atoms. The van der Waals surface area contributed by atoms with Gasteiger partial charge in [-0.3, -0.25) is 4.79 Å². The van der Waals surface area contributed by atoms with Gasteiger partial charge in [0.2, 0.25) is 0 Å². The fourth-order valence-electron chi connectivity index (χ4n) is 0.918. The van der Waals surface area contributed by atoms with Gasteiger partial charge in [-0.05, 0) is 18.9 Å². The SMILES string of the molecule is CC(=O)OC[C@H]1CCC=CO1. The predicted octanol–water partition coefficient (Wildman–Crippen LogP) is 1.24. The second-order valence-electron chi connectivity index (χ2n) is 2.51.